The number of hydrogen-bond acceptors (Lipinski definition) is 2. The summed E-state index contributed by atoms with van der Waals surface area (Å²) in [6.45, 7) is 0.436. The van der Waals surface area contributed by atoms with Gasteiger partial charge in [0.15, 0.2) is 0 Å². The van der Waals surface area contributed by atoms with Crippen LogP contribution < -0.4 is 11.1 Å². The highest BCUT2D eigenvalue weighted by Gasteiger charge is 2.42. The van der Waals surface area contributed by atoms with Crippen molar-refractivity contribution in [2.75, 3.05) is 11.9 Å². The van der Waals surface area contributed by atoms with Crippen LogP contribution in [0.5, 0.6) is 0 Å². The molecule has 0 unspecified atom stereocenters. The zero-order valence-electron chi connectivity index (χ0n) is 10.2. The topological polar surface area (TPSA) is 70.9 Å². The van der Waals surface area contributed by atoms with E-state index in [1.807, 2.05) is 30.5 Å². The molecule has 1 aliphatic rings. The van der Waals surface area contributed by atoms with E-state index in [0.717, 1.165) is 35.9 Å². The van der Waals surface area contributed by atoms with Crippen LogP contribution in [0.25, 0.3) is 10.9 Å². The first-order valence-corrected chi connectivity index (χ1v) is 6.32. The highest BCUT2D eigenvalue weighted by molar-refractivity contribution is 5.97. The zero-order valence-corrected chi connectivity index (χ0v) is 10.2. The Bertz CT molecular complexity index is 578. The lowest BCUT2D eigenvalue weighted by Crippen LogP contribution is -2.47. The highest BCUT2D eigenvalue weighted by Crippen LogP contribution is 2.40. The molecule has 94 valence electrons. The minimum Gasteiger partial charge on any atom is -0.361 e. The summed E-state index contributed by atoms with van der Waals surface area (Å²) in [6, 6.07) is 7.86. The van der Waals surface area contributed by atoms with Crippen LogP contribution in [0.15, 0.2) is 30.5 Å². The van der Waals surface area contributed by atoms with Crippen LogP contribution in [0.2, 0.25) is 0 Å². The Balaban J connectivity index is 1.81. The molecule has 0 spiro atoms. The lowest BCUT2D eigenvalue weighted by Gasteiger charge is -2.39. The number of fused-ring (bicyclic) bond motifs is 1. The van der Waals surface area contributed by atoms with Crippen molar-refractivity contribution in [3.8, 4) is 0 Å². The van der Waals surface area contributed by atoms with E-state index in [2.05, 4.69) is 10.3 Å². The fourth-order valence-corrected chi connectivity index (χ4v) is 2.52. The van der Waals surface area contributed by atoms with Crippen molar-refractivity contribution >= 4 is 22.5 Å². The summed E-state index contributed by atoms with van der Waals surface area (Å²) < 4.78 is 0. The van der Waals surface area contributed by atoms with Gasteiger partial charge in [0, 0.05) is 29.3 Å². The Morgan fingerprint density at radius 1 is 1.39 bits per heavy atom. The number of H-pyrrole nitrogens is 1. The first-order chi connectivity index (χ1) is 8.73. The van der Waals surface area contributed by atoms with Gasteiger partial charge in [-0.05, 0) is 37.1 Å². The van der Waals surface area contributed by atoms with Crippen LogP contribution in [0.3, 0.4) is 0 Å². The summed E-state index contributed by atoms with van der Waals surface area (Å²) in [5.41, 5.74) is 7.32. The first-order valence-electron chi connectivity index (χ1n) is 6.32. The van der Waals surface area contributed by atoms with E-state index in [1.54, 1.807) is 0 Å². The number of amides is 1. The summed E-state index contributed by atoms with van der Waals surface area (Å²) in [6.07, 6.45) is 4.80. The SMILES string of the molecule is NCC1(C(=O)Nc2ccc3[nH]ccc3c2)CCC1. The molecule has 4 heteroatoms. The van der Waals surface area contributed by atoms with E-state index in [0.29, 0.717) is 6.54 Å². The van der Waals surface area contributed by atoms with Crippen molar-refractivity contribution in [2.45, 2.75) is 19.3 Å². The predicted molar refractivity (Wildman–Crippen MR) is 72.3 cm³/mol. The van der Waals surface area contributed by atoms with Gasteiger partial charge < -0.3 is 16.0 Å². The molecule has 2 aromatic rings. The second kappa shape index (κ2) is 4.14. The van der Waals surface area contributed by atoms with E-state index >= 15 is 0 Å². The number of aromatic amines is 1. The summed E-state index contributed by atoms with van der Waals surface area (Å²) in [5.74, 6) is 0.0612. The van der Waals surface area contributed by atoms with Gasteiger partial charge in [-0.25, -0.2) is 0 Å². The molecule has 0 radical (unpaired) electrons. The Morgan fingerprint density at radius 2 is 2.22 bits per heavy atom. The van der Waals surface area contributed by atoms with Crippen molar-refractivity contribution < 1.29 is 4.79 Å². The van der Waals surface area contributed by atoms with Crippen LogP contribution in [0.1, 0.15) is 19.3 Å². The quantitative estimate of drug-likeness (QED) is 0.773. The molecule has 0 saturated heterocycles. The number of carbonyl (C=O) groups is 1. The summed E-state index contributed by atoms with van der Waals surface area (Å²) in [5, 5.41) is 4.08. The normalized spacial score (nSPS) is 17.4. The Kier molecular flexibility index (Phi) is 2.59. The maximum Gasteiger partial charge on any atom is 0.231 e. The van der Waals surface area contributed by atoms with Gasteiger partial charge in [-0.15, -0.1) is 0 Å². The Morgan fingerprint density at radius 3 is 2.89 bits per heavy atom. The molecular formula is C14H17N3O. The monoisotopic (exact) mass is 243 g/mol. The number of rotatable bonds is 3. The van der Waals surface area contributed by atoms with Gasteiger partial charge in [-0.3, -0.25) is 4.79 Å². The van der Waals surface area contributed by atoms with Crippen LogP contribution in [-0.4, -0.2) is 17.4 Å². The average Bonchev–Trinajstić information content (AvgIpc) is 2.75. The third kappa shape index (κ3) is 1.69. The molecule has 1 heterocycles. The minimum absolute atomic E-state index is 0.0612. The van der Waals surface area contributed by atoms with Crippen LogP contribution in [0.4, 0.5) is 5.69 Å². The third-order valence-electron chi connectivity index (χ3n) is 3.99. The average molecular weight is 243 g/mol. The maximum atomic E-state index is 12.2. The van der Waals surface area contributed by atoms with Crippen LogP contribution in [0, 0.1) is 5.41 Å². The van der Waals surface area contributed by atoms with Gasteiger partial charge in [0.2, 0.25) is 5.91 Å². The molecule has 1 aromatic carbocycles. The number of hydrogen-bond donors (Lipinski definition) is 3. The van der Waals surface area contributed by atoms with Crippen molar-refractivity contribution in [3.05, 3.63) is 30.5 Å². The summed E-state index contributed by atoms with van der Waals surface area (Å²) in [7, 11) is 0. The Hall–Kier alpha value is -1.81. The minimum atomic E-state index is -0.326. The number of anilines is 1. The predicted octanol–water partition coefficient (Wildman–Crippen LogP) is 2.24. The molecule has 18 heavy (non-hydrogen) atoms. The van der Waals surface area contributed by atoms with E-state index in [9.17, 15) is 4.79 Å². The summed E-state index contributed by atoms with van der Waals surface area (Å²) >= 11 is 0. The molecule has 4 nitrogen and oxygen atoms in total. The van der Waals surface area contributed by atoms with Gasteiger partial charge in [0.05, 0.1) is 5.41 Å². The van der Waals surface area contributed by atoms with Gasteiger partial charge in [-0.1, -0.05) is 6.42 Å². The number of nitrogens with one attached hydrogen (secondary N) is 2. The standard InChI is InChI=1S/C14H17N3O/c15-9-14(5-1-6-14)13(18)17-11-2-3-12-10(8-11)4-7-16-12/h2-4,7-8,16H,1,5-6,9,15H2,(H,17,18). The van der Waals surface area contributed by atoms with E-state index in [4.69, 9.17) is 5.73 Å². The van der Waals surface area contributed by atoms with E-state index < -0.39 is 0 Å². The summed E-state index contributed by atoms with van der Waals surface area (Å²) in [4.78, 5) is 15.4. The molecular weight excluding hydrogens is 226 g/mol. The molecule has 0 aliphatic heterocycles. The second-order valence-corrected chi connectivity index (χ2v) is 5.07. The molecule has 1 aliphatic carbocycles. The molecule has 1 fully saturated rings. The maximum absolute atomic E-state index is 12.2. The fourth-order valence-electron chi connectivity index (χ4n) is 2.52. The largest absolute Gasteiger partial charge is 0.361 e. The molecule has 3 rings (SSSR count). The molecule has 0 atom stereocenters. The van der Waals surface area contributed by atoms with Crippen molar-refractivity contribution in [2.24, 2.45) is 11.1 Å². The van der Waals surface area contributed by atoms with E-state index in [1.165, 1.54) is 0 Å². The van der Waals surface area contributed by atoms with Crippen molar-refractivity contribution in [1.29, 1.82) is 0 Å². The lowest BCUT2D eigenvalue weighted by atomic mass is 9.68. The highest BCUT2D eigenvalue weighted by atomic mass is 16.2. The first kappa shape index (κ1) is 11.3. The molecule has 0 bridgehead atoms. The smallest absolute Gasteiger partial charge is 0.231 e. The van der Waals surface area contributed by atoms with Gasteiger partial charge in [0.1, 0.15) is 0 Å². The van der Waals surface area contributed by atoms with Crippen molar-refractivity contribution in [3.63, 3.8) is 0 Å². The van der Waals surface area contributed by atoms with Gasteiger partial charge in [-0.2, -0.15) is 0 Å². The van der Waals surface area contributed by atoms with Gasteiger partial charge >= 0.3 is 0 Å². The number of nitrogens with two attached hydrogens (primary N) is 1. The van der Waals surface area contributed by atoms with Crippen LogP contribution in [-0.2, 0) is 4.79 Å². The van der Waals surface area contributed by atoms with Gasteiger partial charge in [0.25, 0.3) is 0 Å². The van der Waals surface area contributed by atoms with E-state index in [-0.39, 0.29) is 11.3 Å². The number of aromatic nitrogens is 1. The molecule has 1 amide bonds. The molecule has 1 aromatic heterocycles. The van der Waals surface area contributed by atoms with Crippen LogP contribution >= 0.6 is 0 Å². The zero-order chi connectivity index (χ0) is 12.6. The lowest BCUT2D eigenvalue weighted by molar-refractivity contribution is -0.129. The Labute approximate surface area is 106 Å². The fraction of sp³-hybridized carbons (Fsp3) is 0.357. The molecule has 4 N–H and O–H groups in total. The number of benzene rings is 1. The number of carbonyl (C=O) groups excluding carboxylic acids is 1. The van der Waals surface area contributed by atoms with Crippen molar-refractivity contribution in [1.82, 2.24) is 4.98 Å². The molecule has 1 saturated carbocycles. The second-order valence-electron chi connectivity index (χ2n) is 5.07. The third-order valence-corrected chi connectivity index (χ3v) is 3.99.